The fraction of sp³-hybridized carbons (Fsp3) is 0.846. The van der Waals surface area contributed by atoms with Gasteiger partial charge in [0, 0.05) is 12.6 Å². The number of carbonyl (C=O) groups is 2. The van der Waals surface area contributed by atoms with E-state index in [0.29, 0.717) is 6.54 Å². The van der Waals surface area contributed by atoms with Crippen LogP contribution in [0.15, 0.2) is 0 Å². The van der Waals surface area contributed by atoms with Gasteiger partial charge in [-0.1, -0.05) is 26.2 Å². The summed E-state index contributed by atoms with van der Waals surface area (Å²) in [5, 5.41) is 8.95. The largest absolute Gasteiger partial charge is 0.480 e. The Morgan fingerprint density at radius 3 is 2.44 bits per heavy atom. The van der Waals surface area contributed by atoms with Gasteiger partial charge in [0.2, 0.25) is 5.91 Å². The maximum absolute atomic E-state index is 12.4. The highest BCUT2D eigenvalue weighted by atomic mass is 16.4. The summed E-state index contributed by atoms with van der Waals surface area (Å²) in [6.45, 7) is 2.12. The molecule has 0 heterocycles. The third kappa shape index (κ3) is 3.98. The molecule has 18 heavy (non-hydrogen) atoms. The van der Waals surface area contributed by atoms with Crippen molar-refractivity contribution < 1.29 is 14.7 Å². The number of amides is 1. The number of hydrogen-bond acceptors (Lipinski definition) is 3. The van der Waals surface area contributed by atoms with Crippen LogP contribution in [0.5, 0.6) is 0 Å². The first-order chi connectivity index (χ1) is 8.60. The van der Waals surface area contributed by atoms with Crippen LogP contribution in [0.2, 0.25) is 0 Å². The van der Waals surface area contributed by atoms with E-state index in [0.717, 1.165) is 38.5 Å². The number of carbonyl (C=O) groups excluding carboxylic acids is 1. The van der Waals surface area contributed by atoms with Gasteiger partial charge < -0.3 is 15.7 Å². The second kappa shape index (κ2) is 7.36. The molecule has 0 spiro atoms. The van der Waals surface area contributed by atoms with Crippen molar-refractivity contribution in [2.24, 2.45) is 11.7 Å². The third-order valence-electron chi connectivity index (χ3n) is 3.63. The van der Waals surface area contributed by atoms with Crippen LogP contribution in [-0.2, 0) is 9.59 Å². The lowest BCUT2D eigenvalue weighted by molar-refractivity contribution is -0.148. The molecule has 1 rings (SSSR count). The van der Waals surface area contributed by atoms with Crippen LogP contribution in [-0.4, -0.2) is 41.0 Å². The molecule has 1 aliphatic carbocycles. The molecule has 1 atom stereocenters. The highest BCUT2D eigenvalue weighted by molar-refractivity contribution is 5.83. The minimum atomic E-state index is -0.942. The second-order valence-electron chi connectivity index (χ2n) is 5.02. The first-order valence-electron chi connectivity index (χ1n) is 6.82. The van der Waals surface area contributed by atoms with E-state index in [1.807, 2.05) is 6.92 Å². The summed E-state index contributed by atoms with van der Waals surface area (Å²) >= 11 is 0. The first kappa shape index (κ1) is 15.0. The first-order valence-corrected chi connectivity index (χ1v) is 6.82. The monoisotopic (exact) mass is 256 g/mol. The lowest BCUT2D eigenvalue weighted by atomic mass is 10.0. The maximum Gasteiger partial charge on any atom is 0.323 e. The lowest BCUT2D eigenvalue weighted by Crippen LogP contribution is -2.46. The van der Waals surface area contributed by atoms with E-state index in [4.69, 9.17) is 10.8 Å². The standard InChI is InChI=1S/C13H24N2O3/c1-2-5-10(8-14)13(18)15(9-12(16)17)11-6-3-4-7-11/h10-11H,2-9,14H2,1H3,(H,16,17). The number of rotatable bonds is 7. The zero-order chi connectivity index (χ0) is 13.5. The molecule has 3 N–H and O–H groups in total. The van der Waals surface area contributed by atoms with Crippen molar-refractivity contribution in [1.82, 2.24) is 4.90 Å². The Bertz CT molecular complexity index is 288. The molecule has 1 unspecified atom stereocenters. The van der Waals surface area contributed by atoms with E-state index in [9.17, 15) is 9.59 Å². The van der Waals surface area contributed by atoms with Crippen molar-refractivity contribution in [2.45, 2.75) is 51.5 Å². The molecule has 0 aromatic rings. The molecule has 1 saturated carbocycles. The van der Waals surface area contributed by atoms with Gasteiger partial charge in [-0.3, -0.25) is 9.59 Å². The predicted molar refractivity (Wildman–Crippen MR) is 69.1 cm³/mol. The second-order valence-corrected chi connectivity index (χ2v) is 5.02. The van der Waals surface area contributed by atoms with Gasteiger partial charge in [-0.25, -0.2) is 0 Å². The summed E-state index contributed by atoms with van der Waals surface area (Å²) in [5.41, 5.74) is 5.63. The summed E-state index contributed by atoms with van der Waals surface area (Å²) < 4.78 is 0. The Hall–Kier alpha value is -1.10. The van der Waals surface area contributed by atoms with Gasteiger partial charge in [-0.2, -0.15) is 0 Å². The van der Waals surface area contributed by atoms with Crippen LogP contribution < -0.4 is 5.73 Å². The maximum atomic E-state index is 12.4. The van der Waals surface area contributed by atoms with Crippen molar-refractivity contribution in [3.8, 4) is 0 Å². The molecular weight excluding hydrogens is 232 g/mol. The molecule has 1 amide bonds. The van der Waals surface area contributed by atoms with Crippen LogP contribution in [0.25, 0.3) is 0 Å². The highest BCUT2D eigenvalue weighted by Crippen LogP contribution is 2.25. The molecule has 0 saturated heterocycles. The number of carboxylic acid groups (broad SMARTS) is 1. The quantitative estimate of drug-likeness (QED) is 0.717. The van der Waals surface area contributed by atoms with E-state index in [1.54, 1.807) is 4.90 Å². The number of aliphatic carboxylic acids is 1. The van der Waals surface area contributed by atoms with Gasteiger partial charge >= 0.3 is 5.97 Å². The van der Waals surface area contributed by atoms with Crippen molar-refractivity contribution >= 4 is 11.9 Å². The van der Waals surface area contributed by atoms with Crippen LogP contribution >= 0.6 is 0 Å². The molecular formula is C13H24N2O3. The molecule has 5 nitrogen and oxygen atoms in total. The zero-order valence-corrected chi connectivity index (χ0v) is 11.1. The van der Waals surface area contributed by atoms with Gasteiger partial charge in [0.1, 0.15) is 6.54 Å². The Morgan fingerprint density at radius 2 is 2.00 bits per heavy atom. The summed E-state index contributed by atoms with van der Waals surface area (Å²) in [7, 11) is 0. The lowest BCUT2D eigenvalue weighted by Gasteiger charge is -2.30. The Morgan fingerprint density at radius 1 is 1.39 bits per heavy atom. The molecule has 0 aromatic heterocycles. The number of nitrogens with zero attached hydrogens (tertiary/aromatic N) is 1. The van der Waals surface area contributed by atoms with E-state index in [-0.39, 0.29) is 24.4 Å². The SMILES string of the molecule is CCCC(CN)C(=O)N(CC(=O)O)C1CCCC1. The molecule has 0 aromatic carbocycles. The number of hydrogen-bond donors (Lipinski definition) is 2. The van der Waals surface area contributed by atoms with Crippen LogP contribution in [0.4, 0.5) is 0 Å². The van der Waals surface area contributed by atoms with Gasteiger partial charge in [-0.05, 0) is 19.3 Å². The van der Waals surface area contributed by atoms with Gasteiger partial charge in [-0.15, -0.1) is 0 Å². The Balaban J connectivity index is 2.73. The Kier molecular flexibility index (Phi) is 6.12. The van der Waals surface area contributed by atoms with Crippen molar-refractivity contribution in [2.75, 3.05) is 13.1 Å². The summed E-state index contributed by atoms with van der Waals surface area (Å²) in [6.07, 6.45) is 5.62. The average molecular weight is 256 g/mol. The minimum Gasteiger partial charge on any atom is -0.480 e. The molecule has 5 heteroatoms. The predicted octanol–water partition coefficient (Wildman–Crippen LogP) is 1.22. The highest BCUT2D eigenvalue weighted by Gasteiger charge is 2.31. The molecule has 0 aliphatic heterocycles. The van der Waals surface area contributed by atoms with Crippen molar-refractivity contribution in [1.29, 1.82) is 0 Å². The Labute approximate surface area is 108 Å². The topological polar surface area (TPSA) is 83.6 Å². The fourth-order valence-corrected chi connectivity index (χ4v) is 2.67. The summed E-state index contributed by atoms with van der Waals surface area (Å²) in [4.78, 5) is 24.8. The van der Waals surface area contributed by atoms with Gasteiger partial charge in [0.25, 0.3) is 0 Å². The van der Waals surface area contributed by atoms with E-state index >= 15 is 0 Å². The minimum absolute atomic E-state index is 0.0753. The summed E-state index contributed by atoms with van der Waals surface area (Å²) in [6, 6.07) is 0.0968. The van der Waals surface area contributed by atoms with Crippen molar-refractivity contribution in [3.05, 3.63) is 0 Å². The van der Waals surface area contributed by atoms with Gasteiger partial charge in [0.15, 0.2) is 0 Å². The molecule has 0 radical (unpaired) electrons. The van der Waals surface area contributed by atoms with E-state index in [1.165, 1.54) is 0 Å². The zero-order valence-electron chi connectivity index (χ0n) is 11.1. The normalized spacial score (nSPS) is 17.7. The number of carboxylic acids is 1. The van der Waals surface area contributed by atoms with Crippen molar-refractivity contribution in [3.63, 3.8) is 0 Å². The molecule has 1 aliphatic rings. The third-order valence-corrected chi connectivity index (χ3v) is 3.63. The van der Waals surface area contributed by atoms with Crippen LogP contribution in [0.1, 0.15) is 45.4 Å². The number of nitrogens with two attached hydrogens (primary N) is 1. The fourth-order valence-electron chi connectivity index (χ4n) is 2.67. The van der Waals surface area contributed by atoms with E-state index in [2.05, 4.69) is 0 Å². The summed E-state index contributed by atoms with van der Waals surface area (Å²) in [5.74, 6) is -1.24. The molecule has 104 valence electrons. The van der Waals surface area contributed by atoms with E-state index < -0.39 is 5.97 Å². The average Bonchev–Trinajstić information content (AvgIpc) is 2.85. The van der Waals surface area contributed by atoms with Crippen LogP contribution in [0.3, 0.4) is 0 Å². The molecule has 0 bridgehead atoms. The van der Waals surface area contributed by atoms with Gasteiger partial charge in [0.05, 0.1) is 5.92 Å². The molecule has 1 fully saturated rings. The van der Waals surface area contributed by atoms with Crippen LogP contribution in [0, 0.1) is 5.92 Å². The smallest absolute Gasteiger partial charge is 0.323 e.